The third kappa shape index (κ3) is 2.87. The number of rotatable bonds is 4. The molecular formula is C15H15ClFN5. The number of hydrogen-bond acceptors (Lipinski definition) is 4. The minimum atomic E-state index is -0.269. The van der Waals surface area contributed by atoms with Crippen LogP contribution < -0.4 is 5.32 Å². The molecule has 5 nitrogen and oxygen atoms in total. The average Bonchev–Trinajstić information content (AvgIpc) is 2.88. The fourth-order valence-electron chi connectivity index (χ4n) is 2.22. The molecule has 0 saturated carbocycles. The Morgan fingerprint density at radius 1 is 1.32 bits per heavy atom. The van der Waals surface area contributed by atoms with E-state index < -0.39 is 0 Å². The SMILES string of the molecule is CC(C)n1cnc2c(NCc3cccc(F)c3)nc(Cl)nc21. The Kier molecular flexibility index (Phi) is 3.94. The van der Waals surface area contributed by atoms with E-state index in [4.69, 9.17) is 11.6 Å². The number of anilines is 1. The van der Waals surface area contributed by atoms with Gasteiger partial charge in [0.2, 0.25) is 5.28 Å². The van der Waals surface area contributed by atoms with E-state index in [2.05, 4.69) is 20.3 Å². The van der Waals surface area contributed by atoms with E-state index in [9.17, 15) is 4.39 Å². The van der Waals surface area contributed by atoms with Gasteiger partial charge in [0.15, 0.2) is 17.0 Å². The van der Waals surface area contributed by atoms with Crippen LogP contribution in [0.5, 0.6) is 0 Å². The Morgan fingerprint density at radius 3 is 2.86 bits per heavy atom. The minimum absolute atomic E-state index is 0.150. The third-order valence-electron chi connectivity index (χ3n) is 3.30. The highest BCUT2D eigenvalue weighted by Gasteiger charge is 2.14. The lowest BCUT2D eigenvalue weighted by Crippen LogP contribution is -2.05. The summed E-state index contributed by atoms with van der Waals surface area (Å²) >= 11 is 6.00. The fourth-order valence-corrected chi connectivity index (χ4v) is 2.39. The maximum Gasteiger partial charge on any atom is 0.226 e. The van der Waals surface area contributed by atoms with Gasteiger partial charge in [0.25, 0.3) is 0 Å². The molecule has 0 radical (unpaired) electrons. The Balaban J connectivity index is 1.93. The van der Waals surface area contributed by atoms with Crippen molar-refractivity contribution in [1.29, 1.82) is 0 Å². The molecule has 0 bridgehead atoms. The van der Waals surface area contributed by atoms with Crippen molar-refractivity contribution in [3.05, 3.63) is 47.3 Å². The van der Waals surface area contributed by atoms with Gasteiger partial charge >= 0.3 is 0 Å². The second kappa shape index (κ2) is 5.88. The summed E-state index contributed by atoms with van der Waals surface area (Å²) in [6.45, 7) is 4.50. The van der Waals surface area contributed by atoms with E-state index in [-0.39, 0.29) is 17.1 Å². The highest BCUT2D eigenvalue weighted by atomic mass is 35.5. The smallest absolute Gasteiger partial charge is 0.226 e. The van der Waals surface area contributed by atoms with Crippen molar-refractivity contribution in [2.75, 3.05) is 5.32 Å². The number of fused-ring (bicyclic) bond motifs is 1. The van der Waals surface area contributed by atoms with Crippen LogP contribution in [0.25, 0.3) is 11.2 Å². The maximum absolute atomic E-state index is 13.2. The molecule has 2 heterocycles. The van der Waals surface area contributed by atoms with Gasteiger partial charge < -0.3 is 9.88 Å². The van der Waals surface area contributed by atoms with E-state index in [1.165, 1.54) is 12.1 Å². The first-order valence-electron chi connectivity index (χ1n) is 6.93. The van der Waals surface area contributed by atoms with Gasteiger partial charge in [-0.3, -0.25) is 0 Å². The summed E-state index contributed by atoms with van der Waals surface area (Å²) in [4.78, 5) is 12.8. The highest BCUT2D eigenvalue weighted by molar-refractivity contribution is 6.28. The highest BCUT2D eigenvalue weighted by Crippen LogP contribution is 2.23. The van der Waals surface area contributed by atoms with Gasteiger partial charge in [-0.2, -0.15) is 9.97 Å². The Bertz CT molecular complexity index is 815. The topological polar surface area (TPSA) is 55.6 Å². The van der Waals surface area contributed by atoms with Crippen molar-refractivity contribution < 1.29 is 4.39 Å². The summed E-state index contributed by atoms with van der Waals surface area (Å²) in [6, 6.07) is 6.60. The number of nitrogens with zero attached hydrogens (tertiary/aromatic N) is 4. The Hall–Kier alpha value is -2.21. The molecule has 1 N–H and O–H groups in total. The minimum Gasteiger partial charge on any atom is -0.364 e. The van der Waals surface area contributed by atoms with E-state index in [1.54, 1.807) is 12.4 Å². The molecule has 3 rings (SSSR count). The molecule has 114 valence electrons. The zero-order valence-electron chi connectivity index (χ0n) is 12.2. The lowest BCUT2D eigenvalue weighted by molar-refractivity contribution is 0.612. The molecule has 0 saturated heterocycles. The number of benzene rings is 1. The molecular weight excluding hydrogens is 305 g/mol. The summed E-state index contributed by atoms with van der Waals surface area (Å²) in [5, 5.41) is 3.30. The van der Waals surface area contributed by atoms with Crippen molar-refractivity contribution in [3.63, 3.8) is 0 Å². The summed E-state index contributed by atoms with van der Waals surface area (Å²) in [5.41, 5.74) is 2.14. The van der Waals surface area contributed by atoms with E-state index in [0.717, 1.165) is 5.56 Å². The molecule has 7 heteroatoms. The van der Waals surface area contributed by atoms with Gasteiger partial charge in [-0.1, -0.05) is 12.1 Å². The first kappa shape index (κ1) is 14.7. The van der Waals surface area contributed by atoms with E-state index in [1.807, 2.05) is 24.5 Å². The maximum atomic E-state index is 13.2. The quantitative estimate of drug-likeness (QED) is 0.743. The van der Waals surface area contributed by atoms with Crippen molar-refractivity contribution in [2.45, 2.75) is 26.4 Å². The van der Waals surface area contributed by atoms with E-state index >= 15 is 0 Å². The summed E-state index contributed by atoms with van der Waals surface area (Å²) < 4.78 is 15.1. The summed E-state index contributed by atoms with van der Waals surface area (Å²) in [5.74, 6) is 0.271. The molecule has 2 aromatic heterocycles. The molecule has 22 heavy (non-hydrogen) atoms. The van der Waals surface area contributed by atoms with Crippen LogP contribution in [0.4, 0.5) is 10.2 Å². The van der Waals surface area contributed by atoms with Gasteiger partial charge in [-0.15, -0.1) is 0 Å². The molecule has 0 aliphatic rings. The molecule has 0 atom stereocenters. The van der Waals surface area contributed by atoms with Gasteiger partial charge in [0.1, 0.15) is 5.82 Å². The number of aromatic nitrogens is 4. The van der Waals surface area contributed by atoms with Gasteiger partial charge in [0.05, 0.1) is 6.33 Å². The van der Waals surface area contributed by atoms with Crippen molar-refractivity contribution >= 4 is 28.6 Å². The van der Waals surface area contributed by atoms with Gasteiger partial charge in [-0.25, -0.2) is 9.37 Å². The van der Waals surface area contributed by atoms with Crippen LogP contribution in [-0.2, 0) is 6.54 Å². The lowest BCUT2D eigenvalue weighted by Gasteiger charge is -2.09. The largest absolute Gasteiger partial charge is 0.364 e. The average molecular weight is 320 g/mol. The molecule has 1 aromatic carbocycles. The molecule has 0 aliphatic heterocycles. The number of imidazole rings is 1. The van der Waals surface area contributed by atoms with Crippen molar-refractivity contribution in [3.8, 4) is 0 Å². The standard InChI is InChI=1S/C15H15ClFN5/c1-9(2)22-8-19-12-13(20-15(16)21-14(12)22)18-7-10-4-3-5-11(17)6-10/h3-6,8-9H,7H2,1-2H3,(H,18,20,21). The second-order valence-electron chi connectivity index (χ2n) is 5.24. The van der Waals surface area contributed by atoms with Crippen LogP contribution in [-0.4, -0.2) is 19.5 Å². The second-order valence-corrected chi connectivity index (χ2v) is 5.58. The zero-order valence-corrected chi connectivity index (χ0v) is 13.0. The van der Waals surface area contributed by atoms with Crippen LogP contribution in [0.3, 0.4) is 0 Å². The van der Waals surface area contributed by atoms with Crippen LogP contribution in [0.1, 0.15) is 25.5 Å². The Morgan fingerprint density at radius 2 is 2.14 bits per heavy atom. The number of halogens is 2. The first-order valence-corrected chi connectivity index (χ1v) is 7.31. The first-order chi connectivity index (χ1) is 10.5. The number of nitrogens with one attached hydrogen (secondary N) is 1. The lowest BCUT2D eigenvalue weighted by atomic mass is 10.2. The van der Waals surface area contributed by atoms with Crippen molar-refractivity contribution in [2.24, 2.45) is 0 Å². The molecule has 0 spiro atoms. The zero-order chi connectivity index (χ0) is 15.7. The molecule has 0 unspecified atom stereocenters. The fraction of sp³-hybridized carbons (Fsp3) is 0.267. The van der Waals surface area contributed by atoms with Gasteiger partial charge in [0, 0.05) is 12.6 Å². The van der Waals surface area contributed by atoms with Crippen molar-refractivity contribution in [1.82, 2.24) is 19.5 Å². The van der Waals surface area contributed by atoms with Crippen LogP contribution in [0, 0.1) is 5.82 Å². The molecule has 0 fully saturated rings. The summed E-state index contributed by atoms with van der Waals surface area (Å²) in [7, 11) is 0. The normalized spacial score (nSPS) is 11.3. The molecule has 0 aliphatic carbocycles. The van der Waals surface area contributed by atoms with Gasteiger partial charge in [-0.05, 0) is 43.1 Å². The van der Waals surface area contributed by atoms with Crippen LogP contribution >= 0.6 is 11.6 Å². The Labute approximate surface area is 132 Å². The number of hydrogen-bond donors (Lipinski definition) is 1. The predicted molar refractivity (Wildman–Crippen MR) is 84.4 cm³/mol. The monoisotopic (exact) mass is 319 g/mol. The third-order valence-corrected chi connectivity index (χ3v) is 3.47. The van der Waals surface area contributed by atoms with Crippen LogP contribution in [0.15, 0.2) is 30.6 Å². The molecule has 0 amide bonds. The molecule has 3 aromatic rings. The summed E-state index contributed by atoms with van der Waals surface area (Å²) in [6.07, 6.45) is 1.72. The predicted octanol–water partition coefficient (Wildman–Crippen LogP) is 3.81. The van der Waals surface area contributed by atoms with Crippen LogP contribution in [0.2, 0.25) is 5.28 Å². The van der Waals surface area contributed by atoms with E-state index in [0.29, 0.717) is 23.5 Å².